The summed E-state index contributed by atoms with van der Waals surface area (Å²) in [5.74, 6) is -1.36. The van der Waals surface area contributed by atoms with Gasteiger partial charge >= 0.3 is 5.97 Å². The van der Waals surface area contributed by atoms with E-state index in [0.717, 1.165) is 21.9 Å². The Bertz CT molecular complexity index is 1690. The number of nitrogens with one attached hydrogen (secondary N) is 1. The Hall–Kier alpha value is -3.86. The van der Waals surface area contributed by atoms with Gasteiger partial charge in [0.1, 0.15) is 31.0 Å². The van der Waals surface area contributed by atoms with Crippen molar-refractivity contribution < 1.29 is 28.5 Å². The number of nitrogens with zero attached hydrogens (tertiary/aromatic N) is 3. The first-order chi connectivity index (χ1) is 22.2. The third-order valence-corrected chi connectivity index (χ3v) is 7.74. The largest absolute Gasteiger partial charge is 0.459 e. The number of hydrogen-bond donors (Lipinski definition) is 1. The number of benzene rings is 4. The first kappa shape index (κ1) is 33.5. The van der Waals surface area contributed by atoms with Crippen LogP contribution in [0, 0.1) is 5.41 Å². The summed E-state index contributed by atoms with van der Waals surface area (Å²) < 4.78 is 28.0. The smallest absolute Gasteiger partial charge is 0.338 e. The van der Waals surface area contributed by atoms with E-state index in [2.05, 4.69) is 10.0 Å². The molecule has 0 aromatic heterocycles. The lowest BCUT2D eigenvalue weighted by Gasteiger charge is -2.44. The highest BCUT2D eigenvalue weighted by Gasteiger charge is 2.50. The predicted octanol–water partition coefficient (Wildman–Crippen LogP) is 7.94. The second kappa shape index (κ2) is 15.6. The minimum absolute atomic E-state index is 0.101. The van der Waals surface area contributed by atoms with Crippen LogP contribution in [0.3, 0.4) is 0 Å². The van der Waals surface area contributed by atoms with Gasteiger partial charge in [0.2, 0.25) is 12.2 Å². The van der Waals surface area contributed by atoms with Gasteiger partial charge < -0.3 is 23.7 Å². The summed E-state index contributed by atoms with van der Waals surface area (Å²) in [6, 6.07) is 30.5. The molecule has 1 aliphatic rings. The van der Waals surface area contributed by atoms with Crippen LogP contribution < -0.4 is 0 Å². The van der Waals surface area contributed by atoms with Crippen molar-refractivity contribution in [2.75, 3.05) is 6.61 Å². The monoisotopic (exact) mass is 682 g/mol. The average Bonchev–Trinajstić information content (AvgIpc) is 3.07. The van der Waals surface area contributed by atoms with Crippen molar-refractivity contribution in [1.82, 2.24) is 0 Å². The lowest BCUT2D eigenvalue weighted by Crippen LogP contribution is -2.61. The molecule has 0 amide bonds. The fraction of sp³-hybridized carbons (Fsp3) is 0.273. The zero-order valence-corrected chi connectivity index (χ0v) is 26.5. The molecule has 5 rings (SSSR count). The first-order valence-electron chi connectivity index (χ1n) is 14.2. The van der Waals surface area contributed by atoms with Crippen molar-refractivity contribution in [2.24, 2.45) is 5.11 Å². The topological polar surface area (TPSA) is 136 Å². The minimum atomic E-state index is -2.23. The summed E-state index contributed by atoms with van der Waals surface area (Å²) >= 11 is 17.7. The number of fused-ring (bicyclic) bond motifs is 1. The molecule has 1 N–H and O–H groups in total. The zero-order chi connectivity index (χ0) is 32.5. The Kier molecular flexibility index (Phi) is 11.4. The highest BCUT2D eigenvalue weighted by molar-refractivity contribution is 6.76. The van der Waals surface area contributed by atoms with E-state index in [1.54, 1.807) is 30.3 Å². The second-order valence-corrected chi connectivity index (χ2v) is 12.6. The van der Waals surface area contributed by atoms with Crippen LogP contribution in [0.2, 0.25) is 0 Å². The van der Waals surface area contributed by atoms with E-state index in [-0.39, 0.29) is 19.8 Å². The van der Waals surface area contributed by atoms with Gasteiger partial charge in [-0.3, -0.25) is 5.41 Å². The maximum Gasteiger partial charge on any atom is 0.338 e. The van der Waals surface area contributed by atoms with Crippen LogP contribution in [0.4, 0.5) is 0 Å². The molecule has 1 unspecified atom stereocenters. The lowest BCUT2D eigenvalue weighted by molar-refractivity contribution is -0.266. The van der Waals surface area contributed by atoms with Gasteiger partial charge in [-0.2, -0.15) is 0 Å². The van der Waals surface area contributed by atoms with Crippen molar-refractivity contribution in [3.05, 3.63) is 130 Å². The Labute approximate surface area is 280 Å². The molecule has 1 fully saturated rings. The van der Waals surface area contributed by atoms with Gasteiger partial charge in [0, 0.05) is 4.91 Å². The quantitative estimate of drug-likeness (QED) is 0.0324. The number of azide groups is 1. The first-order valence-corrected chi connectivity index (χ1v) is 15.4. The van der Waals surface area contributed by atoms with Gasteiger partial charge in [-0.25, -0.2) is 4.79 Å². The van der Waals surface area contributed by atoms with Crippen LogP contribution in [0.25, 0.3) is 21.2 Å². The molecular formula is C33H29Cl3N4O6. The molecule has 0 bridgehead atoms. The van der Waals surface area contributed by atoms with E-state index in [4.69, 9.17) is 63.9 Å². The molecule has 0 spiro atoms. The zero-order valence-electron chi connectivity index (χ0n) is 24.2. The summed E-state index contributed by atoms with van der Waals surface area (Å²) in [5.41, 5.74) is 11.6. The van der Waals surface area contributed by atoms with Crippen LogP contribution in [0.15, 0.2) is 108 Å². The Morgan fingerprint density at radius 3 is 2.17 bits per heavy atom. The van der Waals surface area contributed by atoms with E-state index >= 15 is 0 Å². The van der Waals surface area contributed by atoms with Crippen LogP contribution >= 0.6 is 34.8 Å². The number of hydrogen-bond acceptors (Lipinski definition) is 8. The van der Waals surface area contributed by atoms with Crippen LogP contribution in [0.5, 0.6) is 0 Å². The minimum Gasteiger partial charge on any atom is -0.459 e. The molecular weight excluding hydrogens is 655 g/mol. The number of carbonyl (C=O) groups is 1. The molecule has 4 aromatic rings. The highest BCUT2D eigenvalue weighted by Crippen LogP contribution is 2.34. The SMILES string of the molecule is [N-]=[N+]=N[C@H]1C(OC(=N)C(Cl)(Cl)Cl)O[C@H](COC(=O)c2ccccc2)[C@@H](OCc2ccc3ccccc3c2)[C@@H]1OCc1ccccc1. The number of carbonyl (C=O) groups excluding carboxylic acids is 1. The van der Waals surface area contributed by atoms with Crippen LogP contribution in [0.1, 0.15) is 21.5 Å². The molecule has 13 heteroatoms. The van der Waals surface area contributed by atoms with E-state index in [9.17, 15) is 10.3 Å². The highest BCUT2D eigenvalue weighted by atomic mass is 35.6. The molecule has 10 nitrogen and oxygen atoms in total. The number of rotatable bonds is 11. The van der Waals surface area contributed by atoms with Gasteiger partial charge in [-0.1, -0.05) is 125 Å². The maximum atomic E-state index is 12.9. The molecule has 1 saturated heterocycles. The van der Waals surface area contributed by atoms with Crippen molar-refractivity contribution >= 4 is 57.4 Å². The Balaban J connectivity index is 1.47. The third-order valence-electron chi connectivity index (χ3n) is 7.22. The molecule has 46 heavy (non-hydrogen) atoms. The molecule has 1 aliphatic heterocycles. The van der Waals surface area contributed by atoms with Gasteiger partial charge in [0.15, 0.2) is 0 Å². The predicted molar refractivity (Wildman–Crippen MR) is 175 cm³/mol. The lowest BCUT2D eigenvalue weighted by atomic mass is 9.96. The summed E-state index contributed by atoms with van der Waals surface area (Å²) in [7, 11) is 0. The molecule has 0 radical (unpaired) electrons. The van der Waals surface area contributed by atoms with Crippen molar-refractivity contribution in [1.29, 1.82) is 5.41 Å². The molecule has 0 saturated carbocycles. The normalized spacial score (nSPS) is 21.2. The van der Waals surface area contributed by atoms with Crippen LogP contribution in [-0.2, 0) is 36.9 Å². The third kappa shape index (κ3) is 8.69. The maximum absolute atomic E-state index is 12.9. The number of alkyl halides is 3. The van der Waals surface area contributed by atoms with Gasteiger partial charge in [0.25, 0.3) is 3.79 Å². The van der Waals surface area contributed by atoms with Crippen molar-refractivity contribution in [2.45, 2.75) is 47.7 Å². The fourth-order valence-corrected chi connectivity index (χ4v) is 5.12. The Morgan fingerprint density at radius 1 is 0.848 bits per heavy atom. The van der Waals surface area contributed by atoms with E-state index < -0.39 is 46.3 Å². The van der Waals surface area contributed by atoms with E-state index in [0.29, 0.717) is 5.56 Å². The number of ether oxygens (including phenoxy) is 5. The van der Waals surface area contributed by atoms with E-state index in [1.807, 2.05) is 72.8 Å². The van der Waals surface area contributed by atoms with E-state index in [1.165, 1.54) is 0 Å². The number of esters is 1. The van der Waals surface area contributed by atoms with Gasteiger partial charge in [-0.05, 0) is 45.6 Å². The van der Waals surface area contributed by atoms with Crippen molar-refractivity contribution in [3.63, 3.8) is 0 Å². The van der Waals surface area contributed by atoms with Crippen molar-refractivity contribution in [3.8, 4) is 0 Å². The summed E-state index contributed by atoms with van der Waals surface area (Å²) in [6.07, 6.45) is -4.44. The molecule has 1 heterocycles. The van der Waals surface area contributed by atoms with Gasteiger partial charge in [-0.15, -0.1) is 0 Å². The summed E-state index contributed by atoms with van der Waals surface area (Å²) in [5, 5.41) is 14.2. The molecule has 0 aliphatic carbocycles. The molecule has 5 atom stereocenters. The average molecular weight is 684 g/mol. The molecule has 238 valence electrons. The standard InChI is InChI=1S/C33H29Cl3N4O6/c34-33(35,36)32(37)46-31-27(39-40-38)29(43-18-21-9-3-1-4-10-21)28(26(45-31)20-44-30(41)24-12-5-2-6-13-24)42-19-22-15-16-23-11-7-8-14-25(23)17-22/h1-17,26-29,31,37H,18-20H2/t26-,27-,28-,29-,31?/m1/s1. The Morgan fingerprint density at radius 2 is 1.48 bits per heavy atom. The van der Waals surface area contributed by atoms with Crippen LogP contribution in [-0.4, -0.2) is 52.9 Å². The molecule has 4 aromatic carbocycles. The number of halogens is 3. The summed E-state index contributed by atoms with van der Waals surface area (Å²) in [6.45, 7) is -0.0825. The second-order valence-electron chi connectivity index (χ2n) is 10.4. The van der Waals surface area contributed by atoms with Gasteiger partial charge in [0.05, 0.1) is 18.8 Å². The fourth-order valence-electron chi connectivity index (χ4n) is 4.98. The summed E-state index contributed by atoms with van der Waals surface area (Å²) in [4.78, 5) is 15.9.